The molecular weight excluding hydrogens is 348 g/mol. The van der Waals surface area contributed by atoms with Gasteiger partial charge in [0.1, 0.15) is 12.4 Å². The zero-order valence-corrected chi connectivity index (χ0v) is 15.5. The highest BCUT2D eigenvalue weighted by Gasteiger charge is 2.09. The Morgan fingerprint density at radius 3 is 2.62 bits per heavy atom. The van der Waals surface area contributed by atoms with Gasteiger partial charge in [-0.2, -0.15) is 0 Å². The van der Waals surface area contributed by atoms with Crippen molar-refractivity contribution < 1.29 is 9.53 Å². The summed E-state index contributed by atoms with van der Waals surface area (Å²) in [7, 11) is 0. The summed E-state index contributed by atoms with van der Waals surface area (Å²) in [6.45, 7) is 4.25. The third-order valence-electron chi connectivity index (χ3n) is 3.72. The van der Waals surface area contributed by atoms with Crippen molar-refractivity contribution in [3.8, 4) is 5.75 Å². The van der Waals surface area contributed by atoms with Gasteiger partial charge < -0.3 is 10.1 Å². The zero-order valence-electron chi connectivity index (χ0n) is 14.7. The summed E-state index contributed by atoms with van der Waals surface area (Å²) in [6, 6.07) is 15.5. The van der Waals surface area contributed by atoms with Gasteiger partial charge in [0.05, 0.1) is 5.75 Å². The molecule has 1 amide bonds. The third-order valence-corrected chi connectivity index (χ3v) is 4.57. The van der Waals surface area contributed by atoms with Crippen LogP contribution in [0.25, 0.3) is 0 Å². The number of nitrogens with one attached hydrogen (secondary N) is 2. The monoisotopic (exact) mass is 368 g/mol. The molecule has 0 saturated heterocycles. The van der Waals surface area contributed by atoms with Crippen LogP contribution in [0.2, 0.25) is 0 Å². The summed E-state index contributed by atoms with van der Waals surface area (Å²) >= 11 is 1.28. The van der Waals surface area contributed by atoms with Crippen LogP contribution in [-0.4, -0.2) is 26.8 Å². The highest BCUT2D eigenvalue weighted by atomic mass is 32.2. The van der Waals surface area contributed by atoms with Crippen molar-refractivity contribution in [3.63, 3.8) is 0 Å². The predicted molar refractivity (Wildman–Crippen MR) is 102 cm³/mol. The number of aromatic nitrogens is 3. The van der Waals surface area contributed by atoms with E-state index in [2.05, 4.69) is 20.5 Å². The van der Waals surface area contributed by atoms with Crippen LogP contribution in [0, 0.1) is 13.8 Å². The molecule has 0 spiro atoms. The fourth-order valence-electron chi connectivity index (χ4n) is 2.30. The molecule has 3 aromatic rings. The van der Waals surface area contributed by atoms with Crippen molar-refractivity contribution in [1.29, 1.82) is 0 Å². The van der Waals surface area contributed by atoms with Crippen LogP contribution in [0.1, 0.15) is 17.0 Å². The van der Waals surface area contributed by atoms with E-state index in [9.17, 15) is 4.79 Å². The lowest BCUT2D eigenvalue weighted by Gasteiger charge is -2.07. The number of hydrogen-bond acceptors (Lipinski definition) is 5. The molecule has 3 rings (SSSR count). The van der Waals surface area contributed by atoms with Crippen LogP contribution < -0.4 is 10.1 Å². The largest absolute Gasteiger partial charge is 0.485 e. The molecule has 2 N–H and O–H groups in total. The van der Waals surface area contributed by atoms with E-state index in [1.807, 2.05) is 62.4 Å². The predicted octanol–water partition coefficient (Wildman–Crippen LogP) is 3.73. The molecule has 26 heavy (non-hydrogen) atoms. The zero-order chi connectivity index (χ0) is 18.4. The molecule has 0 fully saturated rings. The van der Waals surface area contributed by atoms with Crippen LogP contribution in [0.5, 0.6) is 5.75 Å². The van der Waals surface area contributed by atoms with Crippen molar-refractivity contribution in [2.24, 2.45) is 0 Å². The minimum Gasteiger partial charge on any atom is -0.485 e. The van der Waals surface area contributed by atoms with E-state index >= 15 is 0 Å². The molecule has 6 nitrogen and oxygen atoms in total. The van der Waals surface area contributed by atoms with Gasteiger partial charge in [-0.15, -0.1) is 5.10 Å². The number of aryl methyl sites for hydroxylation is 2. The van der Waals surface area contributed by atoms with Gasteiger partial charge >= 0.3 is 0 Å². The maximum Gasteiger partial charge on any atom is 0.234 e. The number of aromatic amines is 1. The molecule has 7 heteroatoms. The molecule has 0 bridgehead atoms. The van der Waals surface area contributed by atoms with Gasteiger partial charge in [-0.05, 0) is 37.1 Å². The normalized spacial score (nSPS) is 10.5. The summed E-state index contributed by atoms with van der Waals surface area (Å²) in [4.78, 5) is 16.4. The van der Waals surface area contributed by atoms with Gasteiger partial charge in [-0.1, -0.05) is 48.2 Å². The number of benzene rings is 2. The average molecular weight is 368 g/mol. The van der Waals surface area contributed by atoms with Gasteiger partial charge in [-0.3, -0.25) is 9.89 Å². The number of anilines is 1. The first-order chi connectivity index (χ1) is 12.6. The van der Waals surface area contributed by atoms with E-state index < -0.39 is 0 Å². The number of para-hydroxylation sites is 2. The maximum atomic E-state index is 12.1. The number of carbonyl (C=O) groups is 1. The molecule has 134 valence electrons. The third kappa shape index (κ3) is 4.86. The molecule has 1 heterocycles. The Kier molecular flexibility index (Phi) is 5.91. The number of rotatable bonds is 7. The van der Waals surface area contributed by atoms with E-state index in [-0.39, 0.29) is 11.7 Å². The Hall–Kier alpha value is -2.80. The summed E-state index contributed by atoms with van der Waals surface area (Å²) in [5.74, 6) is 1.59. The van der Waals surface area contributed by atoms with Crippen molar-refractivity contribution >= 4 is 23.4 Å². The summed E-state index contributed by atoms with van der Waals surface area (Å²) in [5.41, 5.74) is 2.91. The van der Waals surface area contributed by atoms with Crippen molar-refractivity contribution in [2.75, 3.05) is 11.1 Å². The number of H-pyrrole nitrogens is 1. The van der Waals surface area contributed by atoms with E-state index in [0.29, 0.717) is 17.6 Å². The lowest BCUT2D eigenvalue weighted by atomic mass is 10.2. The van der Waals surface area contributed by atoms with E-state index in [1.54, 1.807) is 0 Å². The van der Waals surface area contributed by atoms with Crippen molar-refractivity contribution in [1.82, 2.24) is 15.2 Å². The number of hydrogen-bond donors (Lipinski definition) is 2. The number of thioether (sulfide) groups is 1. The van der Waals surface area contributed by atoms with Crippen molar-refractivity contribution in [2.45, 2.75) is 25.6 Å². The smallest absolute Gasteiger partial charge is 0.234 e. The molecule has 1 aromatic heterocycles. The molecule has 0 atom stereocenters. The Morgan fingerprint density at radius 1 is 1.12 bits per heavy atom. The highest BCUT2D eigenvalue weighted by molar-refractivity contribution is 7.99. The van der Waals surface area contributed by atoms with Crippen LogP contribution in [0.4, 0.5) is 5.69 Å². The van der Waals surface area contributed by atoms with Gasteiger partial charge in [0.25, 0.3) is 0 Å². The number of nitrogens with zero attached hydrogens (tertiary/aromatic N) is 2. The van der Waals surface area contributed by atoms with Crippen LogP contribution in [0.3, 0.4) is 0 Å². The fraction of sp³-hybridized carbons (Fsp3) is 0.211. The van der Waals surface area contributed by atoms with Crippen LogP contribution >= 0.6 is 11.8 Å². The van der Waals surface area contributed by atoms with Gasteiger partial charge in [0, 0.05) is 5.69 Å². The fourth-order valence-corrected chi connectivity index (χ4v) is 2.92. The summed E-state index contributed by atoms with van der Waals surface area (Å²) in [6.07, 6.45) is 0. The lowest BCUT2D eigenvalue weighted by Crippen LogP contribution is -2.14. The topological polar surface area (TPSA) is 79.9 Å². The quantitative estimate of drug-likeness (QED) is 0.621. The van der Waals surface area contributed by atoms with E-state index in [4.69, 9.17) is 4.74 Å². The Bertz CT molecular complexity index is 895. The molecule has 0 saturated carbocycles. The second kappa shape index (κ2) is 8.53. The Morgan fingerprint density at radius 2 is 1.85 bits per heavy atom. The SMILES string of the molecule is Cc1ccccc1NC(=O)CSc1n[nH]c(COc2ccccc2C)n1. The molecule has 0 aliphatic rings. The van der Waals surface area contributed by atoms with Crippen LogP contribution in [0.15, 0.2) is 53.7 Å². The van der Waals surface area contributed by atoms with Crippen LogP contribution in [-0.2, 0) is 11.4 Å². The maximum absolute atomic E-state index is 12.1. The molecule has 2 aromatic carbocycles. The molecule has 0 radical (unpaired) electrons. The number of carbonyl (C=O) groups excluding carboxylic acids is 1. The number of ether oxygens (including phenoxy) is 1. The van der Waals surface area contributed by atoms with Gasteiger partial charge in [0.15, 0.2) is 5.82 Å². The minimum absolute atomic E-state index is 0.0909. The first-order valence-electron chi connectivity index (χ1n) is 8.20. The minimum atomic E-state index is -0.0909. The summed E-state index contributed by atoms with van der Waals surface area (Å²) < 4.78 is 5.73. The van der Waals surface area contributed by atoms with Gasteiger partial charge in [0.2, 0.25) is 11.1 Å². The van der Waals surface area contributed by atoms with Crippen molar-refractivity contribution in [3.05, 3.63) is 65.5 Å². The standard InChI is InChI=1S/C19H20N4O2S/c1-13-7-3-5-9-15(13)20-18(24)12-26-19-21-17(22-23-19)11-25-16-10-6-4-8-14(16)2/h3-10H,11-12H2,1-2H3,(H,20,24)(H,21,22,23). The Balaban J connectivity index is 1.48. The lowest BCUT2D eigenvalue weighted by molar-refractivity contribution is -0.113. The van der Waals surface area contributed by atoms with E-state index in [1.165, 1.54) is 11.8 Å². The first kappa shape index (κ1) is 18.0. The summed E-state index contributed by atoms with van der Waals surface area (Å²) in [5, 5.41) is 10.4. The second-order valence-electron chi connectivity index (χ2n) is 5.77. The second-order valence-corrected chi connectivity index (χ2v) is 6.71. The molecule has 0 unspecified atom stereocenters. The first-order valence-corrected chi connectivity index (χ1v) is 9.18. The Labute approximate surface area is 156 Å². The average Bonchev–Trinajstić information content (AvgIpc) is 3.09. The molecular formula is C19H20N4O2S. The van der Waals surface area contributed by atoms with Gasteiger partial charge in [-0.25, -0.2) is 4.98 Å². The number of amides is 1. The molecule has 0 aliphatic carbocycles. The van der Waals surface area contributed by atoms with E-state index in [0.717, 1.165) is 22.6 Å². The highest BCUT2D eigenvalue weighted by Crippen LogP contribution is 2.19. The molecule has 0 aliphatic heterocycles.